The van der Waals surface area contributed by atoms with E-state index in [0.29, 0.717) is 29.7 Å². The van der Waals surface area contributed by atoms with E-state index in [9.17, 15) is 4.79 Å². The fourth-order valence-corrected chi connectivity index (χ4v) is 3.50. The molecule has 0 aliphatic carbocycles. The zero-order valence-electron chi connectivity index (χ0n) is 15.3. The first-order valence-electron chi connectivity index (χ1n) is 9.31. The third kappa shape index (κ3) is 3.92. The molecule has 3 heterocycles. The average Bonchev–Trinajstić information content (AvgIpc) is 3.25. The fraction of sp³-hybridized carbons (Fsp3) is 0.400. The highest BCUT2D eigenvalue weighted by Gasteiger charge is 2.31. The molecule has 1 saturated heterocycles. The van der Waals surface area contributed by atoms with Crippen LogP contribution in [0.5, 0.6) is 0 Å². The monoisotopic (exact) mass is 366 g/mol. The lowest BCUT2D eigenvalue weighted by Crippen LogP contribution is -2.36. The molecular weight excluding hydrogens is 344 g/mol. The third-order valence-electron chi connectivity index (χ3n) is 4.84. The van der Waals surface area contributed by atoms with Gasteiger partial charge in [-0.25, -0.2) is 0 Å². The molecule has 0 N–H and O–H groups in total. The number of carbonyl (C=O) groups is 1. The number of nitrogens with zero attached hydrogens (tertiary/aromatic N) is 4. The third-order valence-corrected chi connectivity index (χ3v) is 4.84. The summed E-state index contributed by atoms with van der Waals surface area (Å²) >= 11 is 0. The van der Waals surface area contributed by atoms with Crippen LogP contribution in [-0.2, 0) is 11.2 Å². The van der Waals surface area contributed by atoms with Gasteiger partial charge in [-0.2, -0.15) is 4.98 Å². The minimum absolute atomic E-state index is 0.0151. The Morgan fingerprint density at radius 2 is 2.00 bits per heavy atom. The maximum atomic E-state index is 12.9. The zero-order chi connectivity index (χ0) is 18.6. The van der Waals surface area contributed by atoms with Gasteiger partial charge in [-0.15, -0.1) is 0 Å². The standard InChI is InChI=1S/C20H22N4O3/c1-14-12-16(22-26-14)13-18(25)24-11-7-3-6-10-17(24)19-21-20(27-23-19)15-8-4-2-5-9-15/h2,4-5,8-9,12,17H,3,6-7,10-11,13H2,1H3. The Labute approximate surface area is 157 Å². The first-order valence-corrected chi connectivity index (χ1v) is 9.31. The van der Waals surface area contributed by atoms with Crippen LogP contribution in [0.3, 0.4) is 0 Å². The number of likely N-dealkylation sites (tertiary alicyclic amines) is 1. The van der Waals surface area contributed by atoms with Crippen LogP contribution in [-0.4, -0.2) is 32.6 Å². The lowest BCUT2D eigenvalue weighted by Gasteiger charge is -2.27. The summed E-state index contributed by atoms with van der Waals surface area (Å²) in [6, 6.07) is 11.3. The Morgan fingerprint density at radius 1 is 1.15 bits per heavy atom. The first-order chi connectivity index (χ1) is 13.2. The van der Waals surface area contributed by atoms with Crippen molar-refractivity contribution in [2.75, 3.05) is 6.54 Å². The lowest BCUT2D eigenvalue weighted by atomic mass is 10.1. The van der Waals surface area contributed by atoms with Crippen molar-refractivity contribution in [1.29, 1.82) is 0 Å². The topological polar surface area (TPSA) is 85.3 Å². The molecule has 1 amide bonds. The number of aromatic nitrogens is 3. The van der Waals surface area contributed by atoms with Crippen molar-refractivity contribution in [1.82, 2.24) is 20.2 Å². The molecule has 1 unspecified atom stereocenters. The van der Waals surface area contributed by atoms with Crippen molar-refractivity contribution >= 4 is 5.91 Å². The molecule has 7 heteroatoms. The maximum Gasteiger partial charge on any atom is 0.257 e. The van der Waals surface area contributed by atoms with Crippen LogP contribution in [0.1, 0.15) is 49.0 Å². The van der Waals surface area contributed by atoms with E-state index in [1.165, 1.54) is 0 Å². The van der Waals surface area contributed by atoms with E-state index in [2.05, 4.69) is 15.3 Å². The maximum absolute atomic E-state index is 12.9. The molecular formula is C20H22N4O3. The second-order valence-electron chi connectivity index (χ2n) is 6.88. The second-order valence-corrected chi connectivity index (χ2v) is 6.88. The van der Waals surface area contributed by atoms with Gasteiger partial charge in [0.05, 0.1) is 18.2 Å². The van der Waals surface area contributed by atoms with E-state index in [1.54, 1.807) is 6.07 Å². The molecule has 2 aromatic heterocycles. The number of aryl methyl sites for hydroxylation is 1. The number of hydrogen-bond acceptors (Lipinski definition) is 6. The Bertz CT molecular complexity index is 903. The van der Waals surface area contributed by atoms with Gasteiger partial charge in [-0.05, 0) is 31.9 Å². The molecule has 1 aliphatic heterocycles. The molecule has 27 heavy (non-hydrogen) atoms. The van der Waals surface area contributed by atoms with Crippen molar-refractivity contribution in [3.63, 3.8) is 0 Å². The van der Waals surface area contributed by atoms with Gasteiger partial charge in [-0.1, -0.05) is 41.4 Å². The van der Waals surface area contributed by atoms with Gasteiger partial charge >= 0.3 is 0 Å². The van der Waals surface area contributed by atoms with Gasteiger partial charge in [0, 0.05) is 18.2 Å². The van der Waals surface area contributed by atoms with E-state index in [-0.39, 0.29) is 18.4 Å². The molecule has 0 spiro atoms. The summed E-state index contributed by atoms with van der Waals surface area (Å²) in [6.07, 6.45) is 4.15. The highest BCUT2D eigenvalue weighted by atomic mass is 16.5. The molecule has 140 valence electrons. The van der Waals surface area contributed by atoms with Crippen LogP contribution in [0, 0.1) is 6.92 Å². The van der Waals surface area contributed by atoms with Crippen LogP contribution in [0.15, 0.2) is 45.4 Å². The quantitative estimate of drug-likeness (QED) is 0.699. The van der Waals surface area contributed by atoms with E-state index < -0.39 is 0 Å². The minimum atomic E-state index is -0.172. The van der Waals surface area contributed by atoms with Crippen molar-refractivity contribution in [2.45, 2.75) is 45.1 Å². The molecule has 7 nitrogen and oxygen atoms in total. The van der Waals surface area contributed by atoms with Crippen LogP contribution in [0.25, 0.3) is 11.5 Å². The Hall–Kier alpha value is -2.96. The number of rotatable bonds is 4. The molecule has 1 atom stereocenters. The minimum Gasteiger partial charge on any atom is -0.361 e. The van der Waals surface area contributed by atoms with Crippen molar-refractivity contribution < 1.29 is 13.8 Å². The summed E-state index contributed by atoms with van der Waals surface area (Å²) in [6.45, 7) is 2.51. The predicted molar refractivity (Wildman–Crippen MR) is 97.6 cm³/mol. The van der Waals surface area contributed by atoms with Gasteiger partial charge in [-0.3, -0.25) is 4.79 Å². The van der Waals surface area contributed by atoms with E-state index in [0.717, 1.165) is 31.2 Å². The highest BCUT2D eigenvalue weighted by molar-refractivity contribution is 5.78. The van der Waals surface area contributed by atoms with Crippen LogP contribution in [0.4, 0.5) is 0 Å². The van der Waals surface area contributed by atoms with E-state index in [4.69, 9.17) is 9.05 Å². The van der Waals surface area contributed by atoms with Crippen LogP contribution >= 0.6 is 0 Å². The number of benzene rings is 1. The largest absolute Gasteiger partial charge is 0.361 e. The molecule has 1 fully saturated rings. The normalized spacial score (nSPS) is 17.7. The number of hydrogen-bond donors (Lipinski definition) is 0. The van der Waals surface area contributed by atoms with Crippen LogP contribution < -0.4 is 0 Å². The molecule has 4 rings (SSSR count). The molecule has 1 aliphatic rings. The Kier molecular flexibility index (Phi) is 5.00. The van der Waals surface area contributed by atoms with Crippen molar-refractivity contribution in [3.8, 4) is 11.5 Å². The molecule has 0 radical (unpaired) electrons. The summed E-state index contributed by atoms with van der Waals surface area (Å²) in [5.74, 6) is 1.77. The second kappa shape index (κ2) is 7.73. The molecule has 3 aromatic rings. The van der Waals surface area contributed by atoms with Gasteiger partial charge in [0.1, 0.15) is 5.76 Å². The number of amides is 1. The smallest absolute Gasteiger partial charge is 0.257 e. The van der Waals surface area contributed by atoms with Gasteiger partial charge in [0.15, 0.2) is 5.82 Å². The summed E-state index contributed by atoms with van der Waals surface area (Å²) in [4.78, 5) is 19.4. The summed E-state index contributed by atoms with van der Waals surface area (Å²) in [5, 5.41) is 8.13. The van der Waals surface area contributed by atoms with Gasteiger partial charge in [0.2, 0.25) is 5.91 Å². The van der Waals surface area contributed by atoms with E-state index in [1.807, 2.05) is 42.2 Å². The Morgan fingerprint density at radius 3 is 2.78 bits per heavy atom. The highest BCUT2D eigenvalue weighted by Crippen LogP contribution is 2.30. The average molecular weight is 366 g/mol. The lowest BCUT2D eigenvalue weighted by molar-refractivity contribution is -0.133. The van der Waals surface area contributed by atoms with Crippen molar-refractivity contribution in [3.05, 3.63) is 53.7 Å². The zero-order valence-corrected chi connectivity index (χ0v) is 15.3. The van der Waals surface area contributed by atoms with Gasteiger partial charge in [0.25, 0.3) is 5.89 Å². The summed E-state index contributed by atoms with van der Waals surface area (Å²) < 4.78 is 10.5. The first kappa shape index (κ1) is 17.5. The summed E-state index contributed by atoms with van der Waals surface area (Å²) in [5.41, 5.74) is 1.53. The van der Waals surface area contributed by atoms with Gasteiger partial charge < -0.3 is 13.9 Å². The Balaban J connectivity index is 1.57. The number of carbonyl (C=O) groups excluding carboxylic acids is 1. The fourth-order valence-electron chi connectivity index (χ4n) is 3.50. The van der Waals surface area contributed by atoms with E-state index >= 15 is 0 Å². The van der Waals surface area contributed by atoms with Crippen molar-refractivity contribution in [2.24, 2.45) is 0 Å². The summed E-state index contributed by atoms with van der Waals surface area (Å²) in [7, 11) is 0. The predicted octanol–water partition coefficient (Wildman–Crippen LogP) is 3.72. The SMILES string of the molecule is Cc1cc(CC(=O)N2CCCCCC2c2noc(-c3ccccc3)n2)no1. The molecule has 0 bridgehead atoms. The molecule has 0 saturated carbocycles. The van der Waals surface area contributed by atoms with Crippen LogP contribution in [0.2, 0.25) is 0 Å². The molecule has 1 aromatic carbocycles.